The summed E-state index contributed by atoms with van der Waals surface area (Å²) in [5, 5.41) is 7.24. The molecule has 4 nitrogen and oxygen atoms in total. The molecule has 17 heavy (non-hydrogen) atoms. The maximum Gasteiger partial charge on any atom is 0.195 e. The third kappa shape index (κ3) is 2.96. The molecular weight excluding hydrogens is 232 g/mol. The van der Waals surface area contributed by atoms with E-state index in [2.05, 4.69) is 33.5 Å². The molecule has 1 aromatic heterocycles. The maximum atomic E-state index is 5.31. The molecule has 0 radical (unpaired) electrons. The smallest absolute Gasteiger partial charge is 0.195 e. The summed E-state index contributed by atoms with van der Waals surface area (Å²) >= 11 is 5.31. The molecule has 1 aliphatic heterocycles. The van der Waals surface area contributed by atoms with E-state index < -0.39 is 0 Å². The van der Waals surface area contributed by atoms with Crippen LogP contribution in [0.4, 0.5) is 0 Å². The Morgan fingerprint density at radius 3 is 2.94 bits per heavy atom. The molecule has 0 aliphatic carbocycles. The summed E-state index contributed by atoms with van der Waals surface area (Å²) in [6, 6.07) is 0. The van der Waals surface area contributed by atoms with Crippen molar-refractivity contribution in [1.82, 2.24) is 19.7 Å². The van der Waals surface area contributed by atoms with Gasteiger partial charge in [-0.3, -0.25) is 5.10 Å². The lowest BCUT2D eigenvalue weighted by Gasteiger charge is -2.14. The molecule has 1 atom stereocenters. The highest BCUT2D eigenvalue weighted by Crippen LogP contribution is 2.18. The lowest BCUT2D eigenvalue weighted by molar-refractivity contribution is 0.331. The Hall–Kier alpha value is -0.680. The van der Waals surface area contributed by atoms with E-state index in [1.54, 1.807) is 0 Å². The summed E-state index contributed by atoms with van der Waals surface area (Å²) in [7, 11) is 0. The highest BCUT2D eigenvalue weighted by molar-refractivity contribution is 7.71. The Kier molecular flexibility index (Phi) is 4.34. The second-order valence-electron chi connectivity index (χ2n) is 4.85. The van der Waals surface area contributed by atoms with Crippen molar-refractivity contribution in [2.75, 3.05) is 19.6 Å². The Morgan fingerprint density at radius 1 is 1.47 bits per heavy atom. The Morgan fingerprint density at radius 2 is 2.29 bits per heavy atom. The number of likely N-dealkylation sites (tertiary alicyclic amines) is 1. The lowest BCUT2D eigenvalue weighted by Crippen LogP contribution is -2.21. The molecule has 1 aromatic rings. The van der Waals surface area contributed by atoms with Crippen LogP contribution in [0.5, 0.6) is 0 Å². The normalized spacial score (nSPS) is 21.2. The van der Waals surface area contributed by atoms with E-state index in [1.165, 1.54) is 19.5 Å². The first kappa shape index (κ1) is 12.8. The first-order valence-corrected chi connectivity index (χ1v) is 7.01. The van der Waals surface area contributed by atoms with E-state index in [-0.39, 0.29) is 0 Å². The largest absolute Gasteiger partial charge is 0.304 e. The molecule has 1 fully saturated rings. The van der Waals surface area contributed by atoms with Crippen LogP contribution >= 0.6 is 12.2 Å². The van der Waals surface area contributed by atoms with Crippen LogP contribution in [0, 0.1) is 10.7 Å². The second kappa shape index (κ2) is 5.78. The summed E-state index contributed by atoms with van der Waals surface area (Å²) in [5.74, 6) is 1.85. The summed E-state index contributed by atoms with van der Waals surface area (Å²) in [5.41, 5.74) is 0. The molecule has 96 valence electrons. The molecule has 1 unspecified atom stereocenters. The van der Waals surface area contributed by atoms with Gasteiger partial charge in [0.05, 0.1) is 0 Å². The zero-order valence-corrected chi connectivity index (χ0v) is 11.6. The van der Waals surface area contributed by atoms with Crippen molar-refractivity contribution < 1.29 is 0 Å². The van der Waals surface area contributed by atoms with E-state index >= 15 is 0 Å². The molecular formula is C12H22N4S. The molecule has 0 amide bonds. The van der Waals surface area contributed by atoms with Crippen molar-refractivity contribution in [3.8, 4) is 0 Å². The van der Waals surface area contributed by atoms with Crippen molar-refractivity contribution >= 4 is 12.2 Å². The number of aromatic nitrogens is 3. The van der Waals surface area contributed by atoms with Gasteiger partial charge in [-0.1, -0.05) is 13.8 Å². The van der Waals surface area contributed by atoms with E-state index in [0.29, 0.717) is 0 Å². The van der Waals surface area contributed by atoms with Gasteiger partial charge in [0.15, 0.2) is 4.77 Å². The number of nitrogens with one attached hydrogen (secondary N) is 1. The predicted molar refractivity (Wildman–Crippen MR) is 71.6 cm³/mol. The molecule has 1 aliphatic rings. The van der Waals surface area contributed by atoms with Gasteiger partial charge in [-0.15, -0.1) is 0 Å². The van der Waals surface area contributed by atoms with Crippen LogP contribution in [0.15, 0.2) is 0 Å². The molecule has 2 rings (SSSR count). The van der Waals surface area contributed by atoms with Crippen LogP contribution < -0.4 is 0 Å². The van der Waals surface area contributed by atoms with Gasteiger partial charge in [0.1, 0.15) is 5.82 Å². The van der Waals surface area contributed by atoms with Gasteiger partial charge in [0.25, 0.3) is 0 Å². The van der Waals surface area contributed by atoms with Crippen molar-refractivity contribution in [2.45, 2.75) is 39.7 Å². The van der Waals surface area contributed by atoms with Crippen LogP contribution in [-0.2, 0) is 13.0 Å². The topological polar surface area (TPSA) is 36.9 Å². The van der Waals surface area contributed by atoms with Crippen molar-refractivity contribution in [3.63, 3.8) is 0 Å². The summed E-state index contributed by atoms with van der Waals surface area (Å²) < 4.78 is 2.98. The van der Waals surface area contributed by atoms with Gasteiger partial charge in [-0.25, -0.2) is 0 Å². The molecule has 0 saturated carbocycles. The molecule has 2 heterocycles. The fourth-order valence-corrected chi connectivity index (χ4v) is 2.79. The molecule has 0 spiro atoms. The fourth-order valence-electron chi connectivity index (χ4n) is 2.56. The minimum absolute atomic E-state index is 0.731. The van der Waals surface area contributed by atoms with Gasteiger partial charge in [-0.05, 0) is 44.1 Å². The standard InChI is InChI=1S/C12H22N4S/c1-3-5-11-13-14-12(17)16(11)9-10-6-7-15(4-2)8-10/h10H,3-9H2,1-2H3,(H,14,17). The number of aryl methyl sites for hydroxylation is 1. The molecule has 5 heteroatoms. The highest BCUT2D eigenvalue weighted by Gasteiger charge is 2.22. The number of hydrogen-bond acceptors (Lipinski definition) is 3. The maximum absolute atomic E-state index is 5.31. The quantitative estimate of drug-likeness (QED) is 0.819. The predicted octanol–water partition coefficient (Wildman–Crippen LogP) is 2.23. The van der Waals surface area contributed by atoms with Crippen LogP contribution in [0.2, 0.25) is 0 Å². The van der Waals surface area contributed by atoms with Crippen molar-refractivity contribution in [1.29, 1.82) is 0 Å². The summed E-state index contributed by atoms with van der Waals surface area (Å²) in [6.45, 7) is 9.03. The summed E-state index contributed by atoms with van der Waals surface area (Å²) in [4.78, 5) is 2.51. The third-order valence-electron chi connectivity index (χ3n) is 3.57. The molecule has 0 aromatic carbocycles. The highest BCUT2D eigenvalue weighted by atomic mass is 32.1. The van der Waals surface area contributed by atoms with Gasteiger partial charge in [0.2, 0.25) is 0 Å². The lowest BCUT2D eigenvalue weighted by atomic mass is 10.1. The first-order chi connectivity index (χ1) is 8.24. The molecule has 1 N–H and O–H groups in total. The minimum Gasteiger partial charge on any atom is -0.304 e. The van der Waals surface area contributed by atoms with Crippen molar-refractivity contribution in [2.24, 2.45) is 5.92 Å². The number of hydrogen-bond donors (Lipinski definition) is 1. The monoisotopic (exact) mass is 254 g/mol. The Balaban J connectivity index is 2.03. The van der Waals surface area contributed by atoms with E-state index in [4.69, 9.17) is 12.2 Å². The minimum atomic E-state index is 0.731. The van der Waals surface area contributed by atoms with Crippen LogP contribution in [0.25, 0.3) is 0 Å². The van der Waals surface area contributed by atoms with Crippen molar-refractivity contribution in [3.05, 3.63) is 10.6 Å². The zero-order chi connectivity index (χ0) is 12.3. The first-order valence-electron chi connectivity index (χ1n) is 6.61. The van der Waals surface area contributed by atoms with E-state index in [0.717, 1.165) is 42.4 Å². The number of H-pyrrole nitrogens is 1. The SMILES string of the molecule is CCCc1n[nH]c(=S)n1CC1CCN(CC)C1. The van der Waals surface area contributed by atoms with Gasteiger partial charge in [-0.2, -0.15) is 5.10 Å². The third-order valence-corrected chi connectivity index (χ3v) is 3.88. The average molecular weight is 254 g/mol. The van der Waals surface area contributed by atoms with Crippen LogP contribution in [-0.4, -0.2) is 39.3 Å². The van der Waals surface area contributed by atoms with Crippen LogP contribution in [0.1, 0.15) is 32.5 Å². The number of aromatic amines is 1. The van der Waals surface area contributed by atoms with E-state index in [1.807, 2.05) is 0 Å². The van der Waals surface area contributed by atoms with Gasteiger partial charge in [0, 0.05) is 19.5 Å². The Bertz CT molecular complexity index is 409. The van der Waals surface area contributed by atoms with Gasteiger partial charge >= 0.3 is 0 Å². The zero-order valence-electron chi connectivity index (χ0n) is 10.8. The Labute approximate surface area is 108 Å². The summed E-state index contributed by atoms with van der Waals surface area (Å²) in [6.07, 6.45) is 3.41. The molecule has 0 bridgehead atoms. The number of rotatable bonds is 5. The molecule has 1 saturated heterocycles. The van der Waals surface area contributed by atoms with Crippen LogP contribution in [0.3, 0.4) is 0 Å². The average Bonchev–Trinajstić information content (AvgIpc) is 2.91. The van der Waals surface area contributed by atoms with Gasteiger partial charge < -0.3 is 9.47 Å². The van der Waals surface area contributed by atoms with E-state index in [9.17, 15) is 0 Å². The second-order valence-corrected chi connectivity index (χ2v) is 5.24. The fraction of sp³-hybridized carbons (Fsp3) is 0.833. The number of nitrogens with zero attached hydrogens (tertiary/aromatic N) is 3.